The molecule has 2 fully saturated rings. The van der Waals surface area contributed by atoms with Gasteiger partial charge in [-0.1, -0.05) is 30.3 Å². The summed E-state index contributed by atoms with van der Waals surface area (Å²) in [5.41, 5.74) is -0.394. The maximum absolute atomic E-state index is 11.7. The standard InChI is InChI=1S/C20H28N2O6/c1-14-11-20(13-23,22(26)27)18(21(14)19(24)25)12-28-17-9-7-16(8-10-17)15-5-3-2-4-6-15/h2-6,14,16-18,23H,7-13H2,1H3,(H,24,25)/t14-,16?,17?,18+,20-/m1/s1. The third kappa shape index (κ3) is 3.84. The summed E-state index contributed by atoms with van der Waals surface area (Å²) < 4.78 is 5.97. The van der Waals surface area contributed by atoms with Crippen LogP contribution in [0.3, 0.4) is 0 Å². The molecule has 2 aliphatic rings. The highest BCUT2D eigenvalue weighted by Crippen LogP contribution is 2.38. The predicted octanol–water partition coefficient (Wildman–Crippen LogP) is 2.88. The number of amides is 1. The lowest BCUT2D eigenvalue weighted by Gasteiger charge is -2.33. The van der Waals surface area contributed by atoms with Gasteiger partial charge in [0.1, 0.15) is 12.6 Å². The molecule has 1 heterocycles. The third-order valence-electron chi connectivity index (χ3n) is 6.37. The highest BCUT2D eigenvalue weighted by Gasteiger charge is 2.61. The van der Waals surface area contributed by atoms with E-state index < -0.39 is 35.2 Å². The number of hydrogen-bond donors (Lipinski definition) is 2. The summed E-state index contributed by atoms with van der Waals surface area (Å²) in [5, 5.41) is 31.0. The summed E-state index contributed by atoms with van der Waals surface area (Å²) >= 11 is 0. The summed E-state index contributed by atoms with van der Waals surface area (Å²) in [5.74, 6) is 0.485. The van der Waals surface area contributed by atoms with Crippen LogP contribution >= 0.6 is 0 Å². The zero-order valence-corrected chi connectivity index (χ0v) is 16.1. The van der Waals surface area contributed by atoms with Gasteiger partial charge in [-0.25, -0.2) is 4.79 Å². The van der Waals surface area contributed by atoms with Crippen molar-refractivity contribution in [3.05, 3.63) is 46.0 Å². The Morgan fingerprint density at radius 2 is 1.93 bits per heavy atom. The molecule has 0 unspecified atom stereocenters. The molecule has 28 heavy (non-hydrogen) atoms. The number of nitrogens with zero attached hydrogens (tertiary/aromatic N) is 2. The minimum atomic E-state index is -1.71. The number of rotatable bonds is 6. The smallest absolute Gasteiger partial charge is 0.408 e. The van der Waals surface area contributed by atoms with Crippen molar-refractivity contribution in [2.45, 2.75) is 68.7 Å². The van der Waals surface area contributed by atoms with E-state index in [0.717, 1.165) is 30.6 Å². The molecule has 1 aliphatic carbocycles. The lowest BCUT2D eigenvalue weighted by Crippen LogP contribution is -2.56. The van der Waals surface area contributed by atoms with Crippen molar-refractivity contribution in [3.8, 4) is 0 Å². The van der Waals surface area contributed by atoms with Gasteiger partial charge < -0.3 is 14.9 Å². The van der Waals surface area contributed by atoms with E-state index in [4.69, 9.17) is 4.74 Å². The summed E-state index contributed by atoms with van der Waals surface area (Å²) in [6, 6.07) is 8.78. The van der Waals surface area contributed by atoms with E-state index in [0.29, 0.717) is 5.92 Å². The lowest BCUT2D eigenvalue weighted by atomic mass is 9.82. The molecule has 8 heteroatoms. The molecule has 0 spiro atoms. The largest absolute Gasteiger partial charge is 0.465 e. The number of hydrogen-bond acceptors (Lipinski definition) is 5. The molecule has 3 atom stereocenters. The Morgan fingerprint density at radius 3 is 2.46 bits per heavy atom. The van der Waals surface area contributed by atoms with Crippen LogP contribution in [0.1, 0.15) is 50.5 Å². The van der Waals surface area contributed by atoms with Gasteiger partial charge in [-0.3, -0.25) is 15.0 Å². The molecule has 1 aromatic rings. The first-order chi connectivity index (χ1) is 13.4. The Balaban J connectivity index is 1.63. The molecule has 1 aromatic carbocycles. The van der Waals surface area contributed by atoms with Crippen molar-refractivity contribution >= 4 is 6.09 Å². The van der Waals surface area contributed by atoms with Crippen molar-refractivity contribution < 1.29 is 24.7 Å². The Kier molecular flexibility index (Phi) is 6.20. The SMILES string of the molecule is C[C@@H]1C[C@](CO)([N+](=O)[O-])[C@H](COC2CCC(c3ccccc3)CC2)N1C(=O)O. The molecule has 1 aliphatic heterocycles. The van der Waals surface area contributed by atoms with Gasteiger partial charge in [0.25, 0.3) is 5.54 Å². The molecule has 0 bridgehead atoms. The van der Waals surface area contributed by atoms with Gasteiger partial charge in [-0.05, 0) is 44.1 Å². The second-order valence-electron chi connectivity index (χ2n) is 8.00. The molecule has 8 nitrogen and oxygen atoms in total. The van der Waals surface area contributed by atoms with Crippen molar-refractivity contribution in [2.75, 3.05) is 13.2 Å². The Morgan fingerprint density at radius 1 is 1.29 bits per heavy atom. The molecule has 3 rings (SSSR count). The first-order valence-corrected chi connectivity index (χ1v) is 9.82. The molecule has 1 saturated heterocycles. The van der Waals surface area contributed by atoms with Crippen LogP contribution in [0.2, 0.25) is 0 Å². The van der Waals surface area contributed by atoms with Gasteiger partial charge in [0, 0.05) is 17.4 Å². The zero-order chi connectivity index (χ0) is 20.3. The fraction of sp³-hybridized carbons (Fsp3) is 0.650. The number of carbonyl (C=O) groups is 1. The quantitative estimate of drug-likeness (QED) is 0.568. The monoisotopic (exact) mass is 392 g/mol. The molecule has 0 aromatic heterocycles. The van der Waals surface area contributed by atoms with E-state index in [2.05, 4.69) is 12.1 Å². The average molecular weight is 392 g/mol. The van der Waals surface area contributed by atoms with Crippen molar-refractivity contribution in [1.29, 1.82) is 0 Å². The summed E-state index contributed by atoms with van der Waals surface area (Å²) in [6.07, 6.45) is 2.33. The number of aliphatic hydroxyl groups excluding tert-OH is 1. The van der Waals surface area contributed by atoms with Gasteiger partial charge in [0.2, 0.25) is 0 Å². The molecule has 1 saturated carbocycles. The van der Waals surface area contributed by atoms with E-state index in [9.17, 15) is 25.1 Å². The Labute approximate surface area is 164 Å². The fourth-order valence-electron chi connectivity index (χ4n) is 4.81. The number of likely N-dealkylation sites (tertiary alicyclic amines) is 1. The van der Waals surface area contributed by atoms with Gasteiger partial charge >= 0.3 is 6.09 Å². The molecular formula is C20H28N2O6. The fourth-order valence-corrected chi connectivity index (χ4v) is 4.81. The van der Waals surface area contributed by atoms with Crippen molar-refractivity contribution in [1.82, 2.24) is 4.90 Å². The topological polar surface area (TPSA) is 113 Å². The summed E-state index contributed by atoms with van der Waals surface area (Å²) in [4.78, 5) is 23.9. The van der Waals surface area contributed by atoms with Crippen LogP contribution in [-0.4, -0.2) is 63.1 Å². The number of nitro groups is 1. The molecule has 1 amide bonds. The van der Waals surface area contributed by atoms with E-state index in [1.54, 1.807) is 6.92 Å². The van der Waals surface area contributed by atoms with Crippen LogP contribution < -0.4 is 0 Å². The zero-order valence-electron chi connectivity index (χ0n) is 16.1. The van der Waals surface area contributed by atoms with Crippen LogP contribution in [0, 0.1) is 10.1 Å². The van der Waals surface area contributed by atoms with Crippen LogP contribution in [-0.2, 0) is 4.74 Å². The van der Waals surface area contributed by atoms with E-state index in [1.165, 1.54) is 5.56 Å². The number of ether oxygens (including phenoxy) is 1. The lowest BCUT2D eigenvalue weighted by molar-refractivity contribution is -0.577. The van der Waals surface area contributed by atoms with E-state index in [1.807, 2.05) is 18.2 Å². The van der Waals surface area contributed by atoms with Crippen LogP contribution in [0.15, 0.2) is 30.3 Å². The second-order valence-corrected chi connectivity index (χ2v) is 8.00. The summed E-state index contributed by atoms with van der Waals surface area (Å²) in [7, 11) is 0. The maximum atomic E-state index is 11.7. The minimum Gasteiger partial charge on any atom is -0.465 e. The molecule has 154 valence electrons. The van der Waals surface area contributed by atoms with Gasteiger partial charge in [-0.2, -0.15) is 0 Å². The third-order valence-corrected chi connectivity index (χ3v) is 6.37. The number of benzene rings is 1. The van der Waals surface area contributed by atoms with Crippen LogP contribution in [0.5, 0.6) is 0 Å². The normalized spacial score (nSPS) is 33.0. The van der Waals surface area contributed by atoms with Crippen LogP contribution in [0.4, 0.5) is 4.79 Å². The number of aliphatic hydroxyl groups is 1. The minimum absolute atomic E-state index is 0.0163. The highest BCUT2D eigenvalue weighted by molar-refractivity contribution is 5.67. The second kappa shape index (κ2) is 8.45. The molecule has 0 radical (unpaired) electrons. The first-order valence-electron chi connectivity index (χ1n) is 9.82. The highest BCUT2D eigenvalue weighted by atomic mass is 16.6. The van der Waals surface area contributed by atoms with Gasteiger partial charge in [-0.15, -0.1) is 0 Å². The predicted molar refractivity (Wildman–Crippen MR) is 102 cm³/mol. The van der Waals surface area contributed by atoms with E-state index in [-0.39, 0.29) is 19.1 Å². The molecule has 2 N–H and O–H groups in total. The maximum Gasteiger partial charge on any atom is 0.408 e. The van der Waals surface area contributed by atoms with E-state index >= 15 is 0 Å². The average Bonchev–Trinajstić information content (AvgIpc) is 3.00. The van der Waals surface area contributed by atoms with Crippen molar-refractivity contribution in [2.24, 2.45) is 0 Å². The van der Waals surface area contributed by atoms with Crippen molar-refractivity contribution in [3.63, 3.8) is 0 Å². The Bertz CT molecular complexity index is 691. The number of carboxylic acid groups (broad SMARTS) is 1. The first kappa shape index (κ1) is 20.5. The van der Waals surface area contributed by atoms with Gasteiger partial charge in [0.15, 0.2) is 0 Å². The van der Waals surface area contributed by atoms with Gasteiger partial charge in [0.05, 0.1) is 12.7 Å². The molecular weight excluding hydrogens is 364 g/mol. The van der Waals surface area contributed by atoms with Crippen LogP contribution in [0.25, 0.3) is 0 Å². The summed E-state index contributed by atoms with van der Waals surface area (Å²) in [6.45, 7) is 0.856. The Hall–Kier alpha value is -2.19.